The first-order valence-electron chi connectivity index (χ1n) is 7.40. The Labute approximate surface area is 122 Å². The highest BCUT2D eigenvalue weighted by Gasteiger charge is 2.25. The van der Waals surface area contributed by atoms with Gasteiger partial charge in [-0.1, -0.05) is 58.0 Å². The van der Waals surface area contributed by atoms with Gasteiger partial charge in [0.25, 0.3) is 0 Å². The average molecular weight is 276 g/mol. The molecule has 0 fully saturated rings. The first kappa shape index (κ1) is 16.7. The van der Waals surface area contributed by atoms with Crippen molar-refractivity contribution in [3.8, 4) is 0 Å². The molecule has 0 aliphatic rings. The zero-order chi connectivity index (χ0) is 15.2. The largest absolute Gasteiger partial charge is 0.352 e. The molecule has 0 saturated carbocycles. The number of nitrogens with two attached hydrogens (primary N) is 1. The fourth-order valence-electron chi connectivity index (χ4n) is 2.45. The minimum absolute atomic E-state index is 0.0778. The van der Waals surface area contributed by atoms with Crippen LogP contribution in [0.2, 0.25) is 0 Å². The molecule has 0 bridgehead atoms. The maximum Gasteiger partial charge on any atom is 0.221 e. The molecule has 112 valence electrons. The summed E-state index contributed by atoms with van der Waals surface area (Å²) in [6.07, 6.45) is 1.40. The summed E-state index contributed by atoms with van der Waals surface area (Å²) >= 11 is 0. The number of carbonyl (C=O) groups is 1. The molecule has 0 aliphatic heterocycles. The molecule has 1 unspecified atom stereocenters. The van der Waals surface area contributed by atoms with Crippen LogP contribution in [0.3, 0.4) is 0 Å². The Hall–Kier alpha value is -1.35. The zero-order valence-corrected chi connectivity index (χ0v) is 13.1. The number of amides is 1. The number of carbonyl (C=O) groups excluding carboxylic acids is 1. The summed E-state index contributed by atoms with van der Waals surface area (Å²) < 4.78 is 0. The van der Waals surface area contributed by atoms with Crippen molar-refractivity contribution in [3.05, 3.63) is 35.9 Å². The van der Waals surface area contributed by atoms with Crippen LogP contribution in [0, 0.1) is 5.92 Å². The van der Waals surface area contributed by atoms with E-state index in [1.165, 1.54) is 5.56 Å². The van der Waals surface area contributed by atoms with Gasteiger partial charge in [0.05, 0.1) is 0 Å². The van der Waals surface area contributed by atoms with Crippen molar-refractivity contribution < 1.29 is 4.79 Å². The first-order valence-corrected chi connectivity index (χ1v) is 7.40. The van der Waals surface area contributed by atoms with Gasteiger partial charge in [0.1, 0.15) is 0 Å². The van der Waals surface area contributed by atoms with Crippen LogP contribution in [0.5, 0.6) is 0 Å². The molecular weight excluding hydrogens is 248 g/mol. The van der Waals surface area contributed by atoms with Crippen LogP contribution in [-0.2, 0) is 10.2 Å². The molecule has 0 heterocycles. The van der Waals surface area contributed by atoms with Gasteiger partial charge in [0.15, 0.2) is 0 Å². The third-order valence-electron chi connectivity index (χ3n) is 3.56. The van der Waals surface area contributed by atoms with Crippen LogP contribution in [-0.4, -0.2) is 18.5 Å². The summed E-state index contributed by atoms with van der Waals surface area (Å²) in [5.74, 6) is 0.612. The molecule has 1 rings (SSSR count). The normalized spacial score (nSPS) is 13.3. The molecule has 0 aromatic heterocycles. The Balaban J connectivity index is 2.61. The van der Waals surface area contributed by atoms with Crippen LogP contribution in [0.25, 0.3) is 0 Å². The number of hydrogen-bond donors (Lipinski definition) is 2. The van der Waals surface area contributed by atoms with Gasteiger partial charge in [0.2, 0.25) is 5.91 Å². The van der Waals surface area contributed by atoms with Crippen LogP contribution < -0.4 is 11.1 Å². The predicted molar refractivity (Wildman–Crippen MR) is 84.5 cm³/mol. The van der Waals surface area contributed by atoms with Gasteiger partial charge in [0, 0.05) is 19.0 Å². The lowest BCUT2D eigenvalue weighted by molar-refractivity contribution is -0.122. The third-order valence-corrected chi connectivity index (χ3v) is 3.56. The van der Waals surface area contributed by atoms with Crippen LogP contribution >= 0.6 is 0 Å². The summed E-state index contributed by atoms with van der Waals surface area (Å²) in [6, 6.07) is 10.2. The van der Waals surface area contributed by atoms with Gasteiger partial charge in [-0.3, -0.25) is 4.79 Å². The number of rotatable bonds is 7. The second-order valence-corrected chi connectivity index (χ2v) is 6.56. The molecule has 20 heavy (non-hydrogen) atoms. The second-order valence-electron chi connectivity index (χ2n) is 6.56. The lowest BCUT2D eigenvalue weighted by atomic mass is 9.81. The van der Waals surface area contributed by atoms with E-state index in [4.69, 9.17) is 5.73 Å². The lowest BCUT2D eigenvalue weighted by Gasteiger charge is -2.26. The van der Waals surface area contributed by atoms with E-state index in [1.54, 1.807) is 0 Å². The Kier molecular flexibility index (Phi) is 6.21. The molecule has 1 aromatic rings. The van der Waals surface area contributed by atoms with Crippen LogP contribution in [0.15, 0.2) is 30.3 Å². The van der Waals surface area contributed by atoms with Gasteiger partial charge in [-0.2, -0.15) is 0 Å². The molecule has 0 radical (unpaired) electrons. The highest BCUT2D eigenvalue weighted by atomic mass is 16.1. The Morgan fingerprint density at radius 1 is 1.25 bits per heavy atom. The first-order chi connectivity index (χ1) is 9.35. The van der Waals surface area contributed by atoms with E-state index in [0.717, 1.165) is 6.42 Å². The minimum Gasteiger partial charge on any atom is -0.352 e. The molecule has 0 saturated heterocycles. The van der Waals surface area contributed by atoms with Gasteiger partial charge < -0.3 is 11.1 Å². The van der Waals surface area contributed by atoms with Crippen molar-refractivity contribution in [2.45, 2.75) is 52.0 Å². The topological polar surface area (TPSA) is 55.1 Å². The van der Waals surface area contributed by atoms with E-state index < -0.39 is 0 Å². The monoisotopic (exact) mass is 276 g/mol. The van der Waals surface area contributed by atoms with E-state index in [-0.39, 0.29) is 17.4 Å². The molecule has 1 aromatic carbocycles. The fourth-order valence-corrected chi connectivity index (χ4v) is 2.45. The van der Waals surface area contributed by atoms with Crippen molar-refractivity contribution >= 4 is 5.91 Å². The maximum absolute atomic E-state index is 12.2. The van der Waals surface area contributed by atoms with Gasteiger partial charge in [-0.05, 0) is 23.3 Å². The Morgan fingerprint density at radius 3 is 2.35 bits per heavy atom. The maximum atomic E-state index is 12.2. The molecule has 1 atom stereocenters. The predicted octanol–water partition coefficient (Wildman–Crippen LogP) is 2.84. The molecule has 3 nitrogen and oxygen atoms in total. The molecule has 3 heteroatoms. The fraction of sp³-hybridized carbons (Fsp3) is 0.588. The van der Waals surface area contributed by atoms with E-state index in [1.807, 2.05) is 18.2 Å². The molecular formula is C17H28N2O. The number of benzene rings is 1. The van der Waals surface area contributed by atoms with Crippen molar-refractivity contribution in [3.63, 3.8) is 0 Å². The average Bonchev–Trinajstić information content (AvgIpc) is 2.37. The lowest BCUT2D eigenvalue weighted by Crippen LogP contribution is -2.42. The minimum atomic E-state index is -0.164. The summed E-state index contributed by atoms with van der Waals surface area (Å²) in [6.45, 7) is 8.98. The van der Waals surface area contributed by atoms with E-state index in [0.29, 0.717) is 18.9 Å². The van der Waals surface area contributed by atoms with Gasteiger partial charge in [-0.15, -0.1) is 0 Å². The third kappa shape index (κ3) is 5.33. The van der Waals surface area contributed by atoms with Crippen LogP contribution in [0.4, 0.5) is 0 Å². The van der Waals surface area contributed by atoms with Gasteiger partial charge in [-0.25, -0.2) is 0 Å². The highest BCUT2D eigenvalue weighted by Crippen LogP contribution is 2.26. The standard InChI is InChI=1S/C17H28N2O/c1-13(2)10-15(12-18)19-16(20)11-17(3,4)14-8-6-5-7-9-14/h5-9,13,15H,10-12,18H2,1-4H3,(H,19,20). The Bertz CT molecular complexity index is 412. The summed E-state index contributed by atoms with van der Waals surface area (Å²) in [5.41, 5.74) is 6.75. The number of nitrogens with one attached hydrogen (secondary N) is 1. The Morgan fingerprint density at radius 2 is 1.85 bits per heavy atom. The summed E-state index contributed by atoms with van der Waals surface area (Å²) in [7, 11) is 0. The van der Waals surface area contributed by atoms with E-state index in [9.17, 15) is 4.79 Å². The van der Waals surface area contributed by atoms with Crippen molar-refractivity contribution in [2.75, 3.05) is 6.54 Å². The van der Waals surface area contributed by atoms with Crippen molar-refractivity contribution in [1.82, 2.24) is 5.32 Å². The van der Waals surface area contributed by atoms with Crippen molar-refractivity contribution in [1.29, 1.82) is 0 Å². The van der Waals surface area contributed by atoms with E-state index in [2.05, 4.69) is 45.1 Å². The second kappa shape index (κ2) is 7.44. The molecule has 3 N–H and O–H groups in total. The zero-order valence-electron chi connectivity index (χ0n) is 13.1. The summed E-state index contributed by atoms with van der Waals surface area (Å²) in [4.78, 5) is 12.2. The number of hydrogen-bond acceptors (Lipinski definition) is 2. The van der Waals surface area contributed by atoms with E-state index >= 15 is 0 Å². The summed E-state index contributed by atoms with van der Waals surface area (Å²) in [5, 5.41) is 3.06. The van der Waals surface area contributed by atoms with Crippen molar-refractivity contribution in [2.24, 2.45) is 11.7 Å². The van der Waals surface area contributed by atoms with Gasteiger partial charge >= 0.3 is 0 Å². The quantitative estimate of drug-likeness (QED) is 0.804. The highest BCUT2D eigenvalue weighted by molar-refractivity contribution is 5.77. The smallest absolute Gasteiger partial charge is 0.221 e. The molecule has 0 spiro atoms. The van der Waals surface area contributed by atoms with Crippen LogP contribution in [0.1, 0.15) is 46.1 Å². The molecule has 1 amide bonds. The molecule has 0 aliphatic carbocycles. The SMILES string of the molecule is CC(C)CC(CN)NC(=O)CC(C)(C)c1ccccc1.